The van der Waals surface area contributed by atoms with E-state index in [2.05, 4.69) is 27.4 Å². The van der Waals surface area contributed by atoms with E-state index >= 15 is 0 Å². The minimum atomic E-state index is -1.05. The number of aliphatic hydroxyl groups excluding tert-OH is 1. The molecule has 0 bridgehead atoms. The molecular weight excluding hydrogens is 288 g/mol. The van der Waals surface area contributed by atoms with Crippen LogP contribution in [0.3, 0.4) is 0 Å². The Hall–Kier alpha value is -1.09. The van der Waals surface area contributed by atoms with E-state index in [-0.39, 0.29) is 5.97 Å². The lowest BCUT2D eigenvalue weighted by Gasteiger charge is -2.58. The maximum Gasteiger partial charge on any atom is 0.336 e. The number of hydrogen-bond acceptors (Lipinski definition) is 3. The van der Waals surface area contributed by atoms with Gasteiger partial charge in [0.15, 0.2) is 0 Å². The standard InChI is InChI=1S/C20H30O3/c1-13-6-9-16-19(2,3)10-5-11-20(16,4)15(13)8-7-14-12-17(21)23-18(14)22/h12,15-17,21H,1,5-11H2,2-4H3/t15?,16?,17-,20?/m1/s1. The summed E-state index contributed by atoms with van der Waals surface area (Å²) in [7, 11) is 0. The molecule has 3 aliphatic rings. The zero-order chi connectivity index (χ0) is 16.8. The first-order valence-corrected chi connectivity index (χ1v) is 9.01. The Bertz CT molecular complexity index is 545. The SMILES string of the molecule is C=C1CCC2C(C)(C)CCCC2(C)C1CCC1=C[C@H](O)OC1=O. The Morgan fingerprint density at radius 2 is 2.09 bits per heavy atom. The summed E-state index contributed by atoms with van der Waals surface area (Å²) in [6.45, 7) is 11.7. The summed E-state index contributed by atoms with van der Waals surface area (Å²) in [5.41, 5.74) is 2.67. The second-order valence-electron chi connectivity index (χ2n) is 8.68. The van der Waals surface area contributed by atoms with Crippen LogP contribution >= 0.6 is 0 Å². The zero-order valence-corrected chi connectivity index (χ0v) is 14.7. The number of cyclic esters (lactones) is 1. The van der Waals surface area contributed by atoms with E-state index in [0.29, 0.717) is 28.7 Å². The van der Waals surface area contributed by atoms with E-state index in [9.17, 15) is 9.90 Å². The molecule has 2 saturated carbocycles. The molecule has 2 aliphatic carbocycles. The topological polar surface area (TPSA) is 46.5 Å². The van der Waals surface area contributed by atoms with E-state index in [4.69, 9.17) is 4.74 Å². The first-order chi connectivity index (χ1) is 10.7. The number of allylic oxidation sites excluding steroid dienone is 1. The van der Waals surface area contributed by atoms with E-state index in [0.717, 1.165) is 18.8 Å². The quantitative estimate of drug-likeness (QED) is 0.621. The summed E-state index contributed by atoms with van der Waals surface area (Å²) in [6.07, 6.45) is 8.35. The van der Waals surface area contributed by atoms with E-state index in [1.54, 1.807) is 6.08 Å². The summed E-state index contributed by atoms with van der Waals surface area (Å²) < 4.78 is 4.81. The summed E-state index contributed by atoms with van der Waals surface area (Å²) in [4.78, 5) is 11.7. The summed E-state index contributed by atoms with van der Waals surface area (Å²) >= 11 is 0. The summed E-state index contributed by atoms with van der Waals surface area (Å²) in [6, 6.07) is 0. The van der Waals surface area contributed by atoms with Gasteiger partial charge in [-0.2, -0.15) is 0 Å². The van der Waals surface area contributed by atoms with Crippen molar-refractivity contribution in [3.63, 3.8) is 0 Å². The highest BCUT2D eigenvalue weighted by atomic mass is 16.6. The lowest BCUT2D eigenvalue weighted by Crippen LogP contribution is -2.49. The van der Waals surface area contributed by atoms with Crippen LogP contribution in [0.1, 0.15) is 65.7 Å². The minimum absolute atomic E-state index is 0.290. The molecule has 3 rings (SSSR count). The molecule has 128 valence electrons. The maximum atomic E-state index is 11.7. The van der Waals surface area contributed by atoms with Crippen molar-refractivity contribution in [3.8, 4) is 0 Å². The largest absolute Gasteiger partial charge is 0.429 e. The van der Waals surface area contributed by atoms with Crippen molar-refractivity contribution in [3.05, 3.63) is 23.8 Å². The molecule has 3 unspecified atom stereocenters. The van der Waals surface area contributed by atoms with Gasteiger partial charge < -0.3 is 9.84 Å². The smallest absolute Gasteiger partial charge is 0.336 e. The average molecular weight is 318 g/mol. The van der Waals surface area contributed by atoms with Gasteiger partial charge in [-0.1, -0.05) is 39.3 Å². The number of ether oxygens (including phenoxy) is 1. The van der Waals surface area contributed by atoms with Gasteiger partial charge in [-0.05, 0) is 67.3 Å². The van der Waals surface area contributed by atoms with Crippen LogP contribution in [0, 0.1) is 22.7 Å². The molecule has 3 nitrogen and oxygen atoms in total. The van der Waals surface area contributed by atoms with Gasteiger partial charge in [-0.25, -0.2) is 4.79 Å². The molecule has 3 heteroatoms. The third kappa shape index (κ3) is 2.88. The van der Waals surface area contributed by atoms with Crippen LogP contribution in [0.25, 0.3) is 0 Å². The summed E-state index contributed by atoms with van der Waals surface area (Å²) in [5, 5.41) is 9.43. The Morgan fingerprint density at radius 1 is 1.35 bits per heavy atom. The van der Waals surface area contributed by atoms with Crippen LogP contribution in [0.4, 0.5) is 0 Å². The molecule has 1 N–H and O–H groups in total. The first-order valence-electron chi connectivity index (χ1n) is 9.01. The highest BCUT2D eigenvalue weighted by Crippen LogP contribution is 2.61. The van der Waals surface area contributed by atoms with Crippen LogP contribution in [0.2, 0.25) is 0 Å². The van der Waals surface area contributed by atoms with Gasteiger partial charge in [0.05, 0.1) is 0 Å². The Labute approximate surface area is 139 Å². The Morgan fingerprint density at radius 3 is 2.74 bits per heavy atom. The molecule has 1 aliphatic heterocycles. The van der Waals surface area contributed by atoms with Gasteiger partial charge >= 0.3 is 5.97 Å². The van der Waals surface area contributed by atoms with Crippen molar-refractivity contribution < 1.29 is 14.6 Å². The molecule has 2 fully saturated rings. The first kappa shape index (κ1) is 16.8. The van der Waals surface area contributed by atoms with Crippen molar-refractivity contribution in [1.29, 1.82) is 0 Å². The van der Waals surface area contributed by atoms with Crippen LogP contribution in [-0.2, 0) is 9.53 Å². The van der Waals surface area contributed by atoms with Gasteiger partial charge in [-0.15, -0.1) is 0 Å². The molecule has 23 heavy (non-hydrogen) atoms. The number of aliphatic hydroxyl groups is 1. The van der Waals surface area contributed by atoms with Crippen LogP contribution < -0.4 is 0 Å². The van der Waals surface area contributed by atoms with E-state index in [1.165, 1.54) is 31.3 Å². The molecule has 0 radical (unpaired) electrons. The van der Waals surface area contributed by atoms with Crippen LogP contribution in [0.5, 0.6) is 0 Å². The normalized spacial score (nSPS) is 39.7. The molecule has 0 aromatic heterocycles. The molecule has 0 amide bonds. The van der Waals surface area contributed by atoms with Crippen molar-refractivity contribution in [1.82, 2.24) is 0 Å². The minimum Gasteiger partial charge on any atom is -0.429 e. The average Bonchev–Trinajstić information content (AvgIpc) is 2.75. The second kappa shape index (κ2) is 5.77. The number of hydrogen-bond donors (Lipinski definition) is 1. The van der Waals surface area contributed by atoms with Crippen LogP contribution in [0.15, 0.2) is 23.8 Å². The third-order valence-electron chi connectivity index (χ3n) is 6.85. The zero-order valence-electron chi connectivity index (χ0n) is 14.7. The number of fused-ring (bicyclic) bond motifs is 1. The Balaban J connectivity index is 1.78. The second-order valence-corrected chi connectivity index (χ2v) is 8.68. The van der Waals surface area contributed by atoms with Crippen molar-refractivity contribution in [2.75, 3.05) is 0 Å². The van der Waals surface area contributed by atoms with Crippen molar-refractivity contribution >= 4 is 5.97 Å². The predicted octanol–water partition coefficient (Wildman–Crippen LogP) is 4.37. The van der Waals surface area contributed by atoms with Gasteiger partial charge in [0.25, 0.3) is 0 Å². The number of esters is 1. The van der Waals surface area contributed by atoms with Gasteiger partial charge in [0.2, 0.25) is 6.29 Å². The number of carbonyl (C=O) groups is 1. The third-order valence-corrected chi connectivity index (χ3v) is 6.85. The summed E-state index contributed by atoms with van der Waals surface area (Å²) in [5.74, 6) is 0.839. The molecule has 0 spiro atoms. The lowest BCUT2D eigenvalue weighted by molar-refractivity contribution is -0.151. The fraction of sp³-hybridized carbons (Fsp3) is 0.750. The van der Waals surface area contributed by atoms with E-state index in [1.807, 2.05) is 0 Å². The number of rotatable bonds is 3. The monoisotopic (exact) mass is 318 g/mol. The number of carbonyl (C=O) groups excluding carboxylic acids is 1. The molecule has 0 aromatic carbocycles. The molecule has 0 saturated heterocycles. The Kier molecular flexibility index (Phi) is 4.20. The van der Waals surface area contributed by atoms with Gasteiger partial charge in [0.1, 0.15) is 0 Å². The highest BCUT2D eigenvalue weighted by Gasteiger charge is 2.52. The van der Waals surface area contributed by atoms with Crippen molar-refractivity contribution in [2.24, 2.45) is 22.7 Å². The lowest BCUT2D eigenvalue weighted by atomic mass is 9.47. The van der Waals surface area contributed by atoms with E-state index < -0.39 is 6.29 Å². The van der Waals surface area contributed by atoms with Gasteiger partial charge in [-0.3, -0.25) is 0 Å². The van der Waals surface area contributed by atoms with Gasteiger partial charge in [0, 0.05) is 5.57 Å². The molecule has 0 aromatic rings. The highest BCUT2D eigenvalue weighted by molar-refractivity contribution is 5.90. The molecule has 1 heterocycles. The van der Waals surface area contributed by atoms with Crippen LogP contribution in [-0.4, -0.2) is 17.4 Å². The molecular formula is C20H30O3. The fourth-order valence-electron chi connectivity index (χ4n) is 5.75. The van der Waals surface area contributed by atoms with Crippen molar-refractivity contribution in [2.45, 2.75) is 72.0 Å². The molecule has 4 atom stereocenters. The predicted molar refractivity (Wildman–Crippen MR) is 90.5 cm³/mol. The maximum absolute atomic E-state index is 11.7. The fourth-order valence-corrected chi connectivity index (χ4v) is 5.75.